The lowest BCUT2D eigenvalue weighted by Crippen LogP contribution is -2.33. The van der Waals surface area contributed by atoms with Gasteiger partial charge in [0.1, 0.15) is 0 Å². The number of nitrogens with two attached hydrogens (primary N) is 1. The van der Waals surface area contributed by atoms with Crippen molar-refractivity contribution < 1.29 is 9.59 Å². The Morgan fingerprint density at radius 1 is 1.23 bits per heavy atom. The Bertz CT molecular complexity index is 536. The largest absolute Gasteiger partial charge is 0.356 e. The molecule has 0 radical (unpaired) electrons. The van der Waals surface area contributed by atoms with Gasteiger partial charge in [0.25, 0.3) is 5.91 Å². The Morgan fingerprint density at radius 3 is 2.68 bits per heavy atom. The lowest BCUT2D eigenvalue weighted by Gasteiger charge is -2.11. The summed E-state index contributed by atoms with van der Waals surface area (Å²) in [4.78, 5) is 23.8. The van der Waals surface area contributed by atoms with E-state index in [1.807, 2.05) is 12.1 Å². The molecule has 1 fully saturated rings. The van der Waals surface area contributed by atoms with Crippen LogP contribution in [-0.4, -0.2) is 30.9 Å². The summed E-state index contributed by atoms with van der Waals surface area (Å²) in [6.45, 7) is 1.11. The van der Waals surface area contributed by atoms with Crippen LogP contribution in [0.15, 0.2) is 28.7 Å². The minimum absolute atomic E-state index is 0.0614. The lowest BCUT2D eigenvalue weighted by molar-refractivity contribution is -0.124. The van der Waals surface area contributed by atoms with E-state index in [9.17, 15) is 9.59 Å². The normalized spacial score (nSPS) is 20.6. The number of carbonyl (C=O) groups is 2. The van der Waals surface area contributed by atoms with Crippen molar-refractivity contribution >= 4 is 27.7 Å². The molecule has 0 bridgehead atoms. The Labute approximate surface area is 139 Å². The molecule has 2 atom stereocenters. The van der Waals surface area contributed by atoms with E-state index in [1.165, 1.54) is 0 Å². The second kappa shape index (κ2) is 8.29. The van der Waals surface area contributed by atoms with Gasteiger partial charge in [-0.3, -0.25) is 9.59 Å². The van der Waals surface area contributed by atoms with E-state index >= 15 is 0 Å². The zero-order valence-electron chi connectivity index (χ0n) is 12.5. The van der Waals surface area contributed by atoms with Crippen molar-refractivity contribution in [2.45, 2.75) is 31.7 Å². The minimum atomic E-state index is -0.102. The number of hydrogen-bond donors (Lipinski definition) is 3. The monoisotopic (exact) mass is 367 g/mol. The number of halogens is 1. The third-order valence-corrected chi connectivity index (χ3v) is 4.36. The van der Waals surface area contributed by atoms with E-state index < -0.39 is 0 Å². The van der Waals surface area contributed by atoms with Gasteiger partial charge in [-0.1, -0.05) is 22.0 Å². The van der Waals surface area contributed by atoms with Gasteiger partial charge in [-0.2, -0.15) is 0 Å². The van der Waals surface area contributed by atoms with Crippen molar-refractivity contribution in [2.75, 3.05) is 13.1 Å². The van der Waals surface area contributed by atoms with Gasteiger partial charge in [-0.25, -0.2) is 0 Å². The number of rotatable bonds is 6. The van der Waals surface area contributed by atoms with Crippen molar-refractivity contribution in [1.29, 1.82) is 0 Å². The van der Waals surface area contributed by atoms with Crippen LogP contribution in [0.4, 0.5) is 0 Å². The first-order chi connectivity index (χ1) is 10.6. The van der Waals surface area contributed by atoms with Gasteiger partial charge in [0.15, 0.2) is 0 Å². The fourth-order valence-electron chi connectivity index (χ4n) is 2.63. The van der Waals surface area contributed by atoms with Gasteiger partial charge in [0, 0.05) is 35.1 Å². The smallest absolute Gasteiger partial charge is 0.251 e. The van der Waals surface area contributed by atoms with Crippen LogP contribution in [0.5, 0.6) is 0 Å². The molecular weight excluding hydrogens is 346 g/mol. The first-order valence-electron chi connectivity index (χ1n) is 7.63. The van der Waals surface area contributed by atoms with Crippen LogP contribution in [-0.2, 0) is 4.79 Å². The predicted molar refractivity (Wildman–Crippen MR) is 89.4 cm³/mol. The molecule has 1 saturated carbocycles. The standard InChI is InChI=1S/C16H22BrN3O2/c17-13-4-1-3-11(9-13)15(21)19-7-2-8-20-16(22)12-5-6-14(18)10-12/h1,3-4,9,12,14H,2,5-8,10,18H2,(H,19,21)(H,20,22). The van der Waals surface area contributed by atoms with Crippen LogP contribution in [0.3, 0.4) is 0 Å². The summed E-state index contributed by atoms with van der Waals surface area (Å²) < 4.78 is 0.877. The van der Waals surface area contributed by atoms with Gasteiger partial charge in [-0.15, -0.1) is 0 Å². The van der Waals surface area contributed by atoms with Crippen LogP contribution in [0.2, 0.25) is 0 Å². The van der Waals surface area contributed by atoms with Crippen LogP contribution >= 0.6 is 15.9 Å². The number of nitrogens with one attached hydrogen (secondary N) is 2. The third kappa shape index (κ3) is 5.10. The summed E-state index contributed by atoms with van der Waals surface area (Å²) in [5, 5.41) is 5.76. The average Bonchev–Trinajstić information content (AvgIpc) is 2.93. The van der Waals surface area contributed by atoms with Crippen molar-refractivity contribution in [2.24, 2.45) is 11.7 Å². The molecule has 0 saturated heterocycles. The van der Waals surface area contributed by atoms with E-state index in [-0.39, 0.29) is 23.8 Å². The molecule has 2 amide bonds. The fourth-order valence-corrected chi connectivity index (χ4v) is 3.03. The predicted octanol–water partition coefficient (Wildman–Crippen LogP) is 1.81. The molecule has 1 aliphatic carbocycles. The minimum Gasteiger partial charge on any atom is -0.356 e. The maximum absolute atomic E-state index is 11.9. The molecule has 1 aliphatic rings. The lowest BCUT2D eigenvalue weighted by atomic mass is 10.1. The molecular formula is C16H22BrN3O2. The second-order valence-electron chi connectivity index (χ2n) is 5.68. The highest BCUT2D eigenvalue weighted by Crippen LogP contribution is 2.23. The molecule has 4 N–H and O–H groups in total. The molecule has 1 aromatic rings. The highest BCUT2D eigenvalue weighted by molar-refractivity contribution is 9.10. The van der Waals surface area contributed by atoms with Gasteiger partial charge in [-0.05, 0) is 43.9 Å². The molecule has 2 unspecified atom stereocenters. The van der Waals surface area contributed by atoms with E-state index in [2.05, 4.69) is 26.6 Å². The van der Waals surface area contributed by atoms with E-state index in [0.29, 0.717) is 25.1 Å². The SMILES string of the molecule is NC1CCC(C(=O)NCCCNC(=O)c2cccc(Br)c2)C1. The Morgan fingerprint density at radius 2 is 2.00 bits per heavy atom. The van der Waals surface area contributed by atoms with Crippen molar-refractivity contribution in [3.63, 3.8) is 0 Å². The maximum Gasteiger partial charge on any atom is 0.251 e. The molecule has 22 heavy (non-hydrogen) atoms. The zero-order valence-corrected chi connectivity index (χ0v) is 14.1. The second-order valence-corrected chi connectivity index (χ2v) is 6.60. The highest BCUT2D eigenvalue weighted by atomic mass is 79.9. The van der Waals surface area contributed by atoms with Crippen LogP contribution in [0.1, 0.15) is 36.0 Å². The molecule has 2 rings (SSSR count). The summed E-state index contributed by atoms with van der Waals surface area (Å²) in [5.41, 5.74) is 6.43. The Kier molecular flexibility index (Phi) is 6.39. The number of amides is 2. The number of carbonyl (C=O) groups excluding carboxylic acids is 2. The van der Waals surface area contributed by atoms with E-state index in [4.69, 9.17) is 5.73 Å². The molecule has 1 aromatic carbocycles. The van der Waals surface area contributed by atoms with Crippen molar-refractivity contribution in [3.8, 4) is 0 Å². The van der Waals surface area contributed by atoms with Crippen molar-refractivity contribution in [3.05, 3.63) is 34.3 Å². The number of hydrogen-bond acceptors (Lipinski definition) is 3. The fraction of sp³-hybridized carbons (Fsp3) is 0.500. The van der Waals surface area contributed by atoms with Gasteiger partial charge < -0.3 is 16.4 Å². The zero-order chi connectivity index (χ0) is 15.9. The van der Waals surface area contributed by atoms with E-state index in [0.717, 1.165) is 23.7 Å². The van der Waals surface area contributed by atoms with Crippen molar-refractivity contribution in [1.82, 2.24) is 10.6 Å². The number of benzene rings is 1. The Hall–Kier alpha value is -1.40. The first-order valence-corrected chi connectivity index (χ1v) is 8.42. The van der Waals surface area contributed by atoms with Crippen LogP contribution in [0, 0.1) is 5.92 Å². The molecule has 6 heteroatoms. The molecule has 0 heterocycles. The van der Waals surface area contributed by atoms with Gasteiger partial charge in [0.05, 0.1) is 0 Å². The first kappa shape index (κ1) is 17.0. The van der Waals surface area contributed by atoms with Gasteiger partial charge >= 0.3 is 0 Å². The summed E-state index contributed by atoms with van der Waals surface area (Å²) >= 11 is 3.34. The summed E-state index contributed by atoms with van der Waals surface area (Å²) in [7, 11) is 0. The summed E-state index contributed by atoms with van der Waals surface area (Å²) in [6, 6.07) is 7.42. The van der Waals surface area contributed by atoms with Crippen LogP contribution in [0.25, 0.3) is 0 Å². The molecule has 0 aromatic heterocycles. The topological polar surface area (TPSA) is 84.2 Å². The summed E-state index contributed by atoms with van der Waals surface area (Å²) in [5.74, 6) is 0.0481. The third-order valence-electron chi connectivity index (χ3n) is 3.87. The van der Waals surface area contributed by atoms with Gasteiger partial charge in [0.2, 0.25) is 5.91 Å². The molecule has 5 nitrogen and oxygen atoms in total. The Balaban J connectivity index is 1.61. The quantitative estimate of drug-likeness (QED) is 0.670. The van der Waals surface area contributed by atoms with E-state index in [1.54, 1.807) is 12.1 Å². The molecule has 120 valence electrons. The maximum atomic E-state index is 11.9. The van der Waals surface area contributed by atoms with Crippen LogP contribution < -0.4 is 16.4 Å². The molecule has 0 spiro atoms. The average molecular weight is 368 g/mol. The highest BCUT2D eigenvalue weighted by Gasteiger charge is 2.27. The summed E-state index contributed by atoms with van der Waals surface area (Å²) in [6.07, 6.45) is 3.31. The molecule has 0 aliphatic heterocycles.